The molecule has 2 fully saturated rings. The minimum atomic E-state index is -3.74. The van der Waals surface area contributed by atoms with Crippen LogP contribution in [0.1, 0.15) is 49.7 Å². The highest BCUT2D eigenvalue weighted by atomic mass is 32.2. The van der Waals surface area contributed by atoms with Crippen LogP contribution in [0.3, 0.4) is 0 Å². The third-order valence-electron chi connectivity index (χ3n) is 5.99. The lowest BCUT2D eigenvalue weighted by atomic mass is 10.1. The van der Waals surface area contributed by atoms with E-state index in [2.05, 4.69) is 4.90 Å². The molecule has 0 bridgehead atoms. The lowest BCUT2D eigenvalue weighted by Crippen LogP contribution is -2.50. The van der Waals surface area contributed by atoms with Crippen LogP contribution in [0.25, 0.3) is 0 Å². The smallest absolute Gasteiger partial charge is 0.243 e. The van der Waals surface area contributed by atoms with Gasteiger partial charge in [-0.25, -0.2) is 16.8 Å². The average molecular weight is 429 g/mol. The van der Waals surface area contributed by atoms with E-state index in [4.69, 9.17) is 0 Å². The molecule has 28 heavy (non-hydrogen) atoms. The fourth-order valence-electron chi connectivity index (χ4n) is 4.48. The van der Waals surface area contributed by atoms with Gasteiger partial charge in [-0.2, -0.15) is 4.31 Å². The molecule has 1 aromatic rings. The number of hydrogen-bond donors (Lipinski definition) is 0. The normalized spacial score (nSPS) is 23.5. The van der Waals surface area contributed by atoms with E-state index in [1.807, 2.05) is 0 Å². The summed E-state index contributed by atoms with van der Waals surface area (Å²) in [5.41, 5.74) is 0.968. The highest BCUT2D eigenvalue weighted by Gasteiger charge is 2.34. The van der Waals surface area contributed by atoms with Crippen molar-refractivity contribution in [2.24, 2.45) is 0 Å². The lowest BCUT2D eigenvalue weighted by Gasteiger charge is -2.38. The van der Waals surface area contributed by atoms with Crippen LogP contribution in [0.15, 0.2) is 21.9 Å². The Bertz CT molecular complexity index is 918. The van der Waals surface area contributed by atoms with Crippen molar-refractivity contribution in [3.8, 4) is 0 Å². The third-order valence-corrected chi connectivity index (χ3v) is 9.20. The zero-order chi connectivity index (χ0) is 20.5. The summed E-state index contributed by atoms with van der Waals surface area (Å²) in [6.45, 7) is 6.40. The second-order valence-electron chi connectivity index (χ2n) is 8.27. The van der Waals surface area contributed by atoms with Gasteiger partial charge in [0.15, 0.2) is 9.84 Å². The Morgan fingerprint density at radius 1 is 0.857 bits per heavy atom. The fraction of sp³-hybridized carbons (Fsp3) is 0.700. The van der Waals surface area contributed by atoms with Crippen molar-refractivity contribution in [2.75, 3.05) is 32.4 Å². The van der Waals surface area contributed by atoms with Crippen molar-refractivity contribution < 1.29 is 16.8 Å². The first-order valence-electron chi connectivity index (χ1n) is 10.2. The molecule has 0 N–H and O–H groups in total. The first kappa shape index (κ1) is 21.7. The number of rotatable bonds is 4. The maximum Gasteiger partial charge on any atom is 0.243 e. The van der Waals surface area contributed by atoms with Gasteiger partial charge in [0.2, 0.25) is 10.0 Å². The Balaban J connectivity index is 1.91. The summed E-state index contributed by atoms with van der Waals surface area (Å²) in [5, 5.41) is 0. The van der Waals surface area contributed by atoms with Gasteiger partial charge < -0.3 is 0 Å². The number of hydrogen-bond acceptors (Lipinski definition) is 5. The van der Waals surface area contributed by atoms with E-state index in [1.165, 1.54) is 25.7 Å². The molecule has 1 atom stereocenters. The zero-order valence-corrected chi connectivity index (χ0v) is 18.8. The van der Waals surface area contributed by atoms with Crippen LogP contribution in [-0.2, 0) is 19.9 Å². The van der Waals surface area contributed by atoms with Crippen LogP contribution >= 0.6 is 0 Å². The SMILES string of the molecule is Cc1cc(S(C)(=O)=O)c(C)c(S(=O)(=O)N2CCCC(N3CCCCCC3)C2)c1. The van der Waals surface area contributed by atoms with Gasteiger partial charge in [0.05, 0.1) is 9.79 Å². The number of aryl methyl sites for hydroxylation is 1. The molecule has 2 aliphatic rings. The molecule has 0 aromatic heterocycles. The first-order chi connectivity index (χ1) is 13.1. The number of nitrogens with zero attached hydrogens (tertiary/aromatic N) is 2. The Labute approximate surface area is 169 Å². The van der Waals surface area contributed by atoms with Crippen LogP contribution in [0.5, 0.6) is 0 Å². The monoisotopic (exact) mass is 428 g/mol. The van der Waals surface area contributed by atoms with Crippen LogP contribution in [0.2, 0.25) is 0 Å². The lowest BCUT2D eigenvalue weighted by molar-refractivity contribution is 0.139. The van der Waals surface area contributed by atoms with E-state index < -0.39 is 19.9 Å². The van der Waals surface area contributed by atoms with Gasteiger partial charge in [0.25, 0.3) is 0 Å². The van der Waals surface area contributed by atoms with Crippen LogP contribution in [0.4, 0.5) is 0 Å². The Kier molecular flexibility index (Phi) is 6.54. The van der Waals surface area contributed by atoms with Gasteiger partial charge in [-0.15, -0.1) is 0 Å². The van der Waals surface area contributed by atoms with Gasteiger partial charge >= 0.3 is 0 Å². The van der Waals surface area contributed by atoms with E-state index in [0.29, 0.717) is 24.2 Å². The number of piperidine rings is 1. The summed E-state index contributed by atoms with van der Waals surface area (Å²) in [7, 11) is -7.23. The first-order valence-corrected chi connectivity index (χ1v) is 13.5. The summed E-state index contributed by atoms with van der Waals surface area (Å²) in [4.78, 5) is 2.69. The summed E-state index contributed by atoms with van der Waals surface area (Å²) in [5.74, 6) is 0. The van der Waals surface area contributed by atoms with Gasteiger partial charge in [0.1, 0.15) is 0 Å². The van der Waals surface area contributed by atoms with Crippen LogP contribution in [-0.4, -0.2) is 64.5 Å². The third kappa shape index (κ3) is 4.61. The number of sulfone groups is 1. The molecular weight excluding hydrogens is 396 g/mol. The molecule has 0 spiro atoms. The Morgan fingerprint density at radius 2 is 1.46 bits per heavy atom. The highest BCUT2D eigenvalue weighted by molar-refractivity contribution is 7.91. The largest absolute Gasteiger partial charge is 0.299 e. The van der Waals surface area contributed by atoms with Crippen molar-refractivity contribution in [1.29, 1.82) is 0 Å². The Hall–Kier alpha value is -0.960. The van der Waals surface area contributed by atoms with Gasteiger partial charge in [-0.1, -0.05) is 12.8 Å². The molecule has 8 heteroatoms. The van der Waals surface area contributed by atoms with E-state index in [1.54, 1.807) is 30.3 Å². The average Bonchev–Trinajstić information content (AvgIpc) is 2.92. The molecule has 0 amide bonds. The highest BCUT2D eigenvalue weighted by Crippen LogP contribution is 2.30. The molecule has 0 saturated carbocycles. The number of benzene rings is 1. The van der Waals surface area contributed by atoms with Gasteiger partial charge in [0, 0.05) is 25.4 Å². The molecular formula is C20H32N2O4S2. The van der Waals surface area contributed by atoms with Crippen molar-refractivity contribution in [3.63, 3.8) is 0 Å². The quantitative estimate of drug-likeness (QED) is 0.737. The molecule has 3 rings (SSSR count). The zero-order valence-electron chi connectivity index (χ0n) is 17.1. The number of likely N-dealkylation sites (tertiary alicyclic amines) is 1. The molecule has 0 aliphatic carbocycles. The molecule has 2 saturated heterocycles. The van der Waals surface area contributed by atoms with Crippen molar-refractivity contribution in [1.82, 2.24) is 9.21 Å². The minimum Gasteiger partial charge on any atom is -0.299 e. The van der Waals surface area contributed by atoms with E-state index in [-0.39, 0.29) is 15.8 Å². The van der Waals surface area contributed by atoms with Crippen LogP contribution < -0.4 is 0 Å². The molecule has 1 aromatic carbocycles. The molecule has 1 unspecified atom stereocenters. The van der Waals surface area contributed by atoms with Crippen molar-refractivity contribution in [2.45, 2.75) is 68.2 Å². The maximum atomic E-state index is 13.4. The number of sulfonamides is 1. The second kappa shape index (κ2) is 8.42. The van der Waals surface area contributed by atoms with Crippen LogP contribution in [0, 0.1) is 13.8 Å². The molecule has 0 radical (unpaired) electrons. The molecule has 2 heterocycles. The molecule has 158 valence electrons. The van der Waals surface area contributed by atoms with E-state index in [9.17, 15) is 16.8 Å². The Morgan fingerprint density at radius 3 is 2.07 bits per heavy atom. The fourth-order valence-corrected chi connectivity index (χ4v) is 7.46. The molecule has 2 aliphatic heterocycles. The molecule has 6 nitrogen and oxygen atoms in total. The van der Waals surface area contributed by atoms with Crippen molar-refractivity contribution in [3.05, 3.63) is 23.3 Å². The minimum absolute atomic E-state index is 0.104. The second-order valence-corrected chi connectivity index (χ2v) is 12.2. The van der Waals surface area contributed by atoms with Gasteiger partial charge in [-0.3, -0.25) is 4.90 Å². The maximum absolute atomic E-state index is 13.4. The summed E-state index contributed by atoms with van der Waals surface area (Å²) in [6.07, 6.45) is 7.85. The summed E-state index contributed by atoms with van der Waals surface area (Å²) < 4.78 is 52.7. The summed E-state index contributed by atoms with van der Waals surface area (Å²) in [6, 6.07) is 3.41. The summed E-state index contributed by atoms with van der Waals surface area (Å²) >= 11 is 0. The van der Waals surface area contributed by atoms with Gasteiger partial charge in [-0.05, 0) is 75.9 Å². The topological polar surface area (TPSA) is 74.8 Å². The predicted molar refractivity (Wildman–Crippen MR) is 111 cm³/mol. The predicted octanol–water partition coefficient (Wildman–Crippen LogP) is 2.74. The standard InChI is InChI=1S/C20H32N2O4S2/c1-16-13-19(27(3,23)24)17(2)20(14-16)28(25,26)22-12-8-9-18(15-22)21-10-6-4-5-7-11-21/h13-14,18H,4-12,15H2,1-3H3. The van der Waals surface area contributed by atoms with E-state index >= 15 is 0 Å². The van der Waals surface area contributed by atoms with E-state index in [0.717, 1.165) is 32.2 Å². The van der Waals surface area contributed by atoms with Crippen molar-refractivity contribution >= 4 is 19.9 Å².